The van der Waals surface area contributed by atoms with Crippen molar-refractivity contribution >= 4 is 5.91 Å². The minimum absolute atomic E-state index is 0.0328. The quantitative estimate of drug-likeness (QED) is 0.729. The number of fused-ring (bicyclic) bond motifs is 1. The monoisotopic (exact) mass is 385 g/mol. The molecule has 7 nitrogen and oxygen atoms in total. The summed E-state index contributed by atoms with van der Waals surface area (Å²) in [5.74, 6) is 2.92. The van der Waals surface area contributed by atoms with Crippen molar-refractivity contribution < 1.29 is 28.5 Å². The molecule has 1 heterocycles. The highest BCUT2D eigenvalue weighted by atomic mass is 16.7. The van der Waals surface area contributed by atoms with Gasteiger partial charge < -0.3 is 28.6 Å². The van der Waals surface area contributed by atoms with Crippen LogP contribution in [0.3, 0.4) is 0 Å². The minimum Gasteiger partial charge on any atom is -0.493 e. The molecule has 0 saturated heterocycles. The first-order valence-corrected chi connectivity index (χ1v) is 9.14. The van der Waals surface area contributed by atoms with Gasteiger partial charge in [-0.3, -0.25) is 4.79 Å². The summed E-state index contributed by atoms with van der Waals surface area (Å²) in [6, 6.07) is 9.29. The molecule has 0 bridgehead atoms. The predicted molar refractivity (Wildman–Crippen MR) is 102 cm³/mol. The van der Waals surface area contributed by atoms with E-state index >= 15 is 0 Å². The molecule has 0 aromatic heterocycles. The van der Waals surface area contributed by atoms with Crippen LogP contribution < -0.4 is 23.7 Å². The fraction of sp³-hybridized carbons (Fsp3) is 0.381. The lowest BCUT2D eigenvalue weighted by atomic mass is 10.1. The highest BCUT2D eigenvalue weighted by Gasteiger charge is 2.34. The van der Waals surface area contributed by atoms with Crippen LogP contribution in [0.25, 0.3) is 0 Å². The summed E-state index contributed by atoms with van der Waals surface area (Å²) in [4.78, 5) is 15.1. The first-order valence-electron chi connectivity index (χ1n) is 9.14. The summed E-state index contributed by atoms with van der Waals surface area (Å²) in [7, 11) is 4.73. The van der Waals surface area contributed by atoms with E-state index in [9.17, 15) is 4.79 Å². The Kier molecular flexibility index (Phi) is 4.90. The van der Waals surface area contributed by atoms with Crippen LogP contribution in [0.1, 0.15) is 28.8 Å². The number of hydrogen-bond acceptors (Lipinski definition) is 6. The van der Waals surface area contributed by atoms with Gasteiger partial charge in [0.15, 0.2) is 23.0 Å². The van der Waals surface area contributed by atoms with E-state index in [2.05, 4.69) is 0 Å². The minimum atomic E-state index is -0.0328. The number of carbonyl (C=O) groups excluding carboxylic acids is 1. The van der Waals surface area contributed by atoms with Gasteiger partial charge in [-0.2, -0.15) is 0 Å². The molecule has 148 valence electrons. The Hall–Kier alpha value is -3.09. The number of benzene rings is 2. The first kappa shape index (κ1) is 18.3. The van der Waals surface area contributed by atoms with E-state index in [1.54, 1.807) is 39.5 Å². The smallest absolute Gasteiger partial charge is 0.254 e. The predicted octanol–water partition coefficient (Wildman–Crippen LogP) is 3.25. The fourth-order valence-electron chi connectivity index (χ4n) is 3.37. The van der Waals surface area contributed by atoms with Crippen molar-refractivity contribution in [1.29, 1.82) is 0 Å². The van der Waals surface area contributed by atoms with E-state index in [1.807, 2.05) is 17.0 Å². The molecular weight excluding hydrogens is 362 g/mol. The molecule has 1 saturated carbocycles. The highest BCUT2D eigenvalue weighted by molar-refractivity contribution is 5.95. The lowest BCUT2D eigenvalue weighted by Crippen LogP contribution is -2.32. The molecule has 1 amide bonds. The largest absolute Gasteiger partial charge is 0.493 e. The summed E-state index contributed by atoms with van der Waals surface area (Å²) in [5, 5.41) is 0. The van der Waals surface area contributed by atoms with Crippen LogP contribution >= 0.6 is 0 Å². The topological polar surface area (TPSA) is 66.5 Å². The van der Waals surface area contributed by atoms with Crippen molar-refractivity contribution in [2.24, 2.45) is 0 Å². The van der Waals surface area contributed by atoms with Gasteiger partial charge in [0.1, 0.15) is 0 Å². The molecule has 28 heavy (non-hydrogen) atoms. The third-order valence-corrected chi connectivity index (χ3v) is 4.95. The maximum Gasteiger partial charge on any atom is 0.254 e. The maximum atomic E-state index is 13.2. The third-order valence-electron chi connectivity index (χ3n) is 4.95. The maximum absolute atomic E-state index is 13.2. The average Bonchev–Trinajstić information content (AvgIpc) is 3.46. The summed E-state index contributed by atoms with van der Waals surface area (Å²) < 4.78 is 27.0. The molecule has 0 N–H and O–H groups in total. The van der Waals surface area contributed by atoms with Crippen molar-refractivity contribution in [3.8, 4) is 28.7 Å². The van der Waals surface area contributed by atoms with Gasteiger partial charge in [-0.05, 0) is 48.7 Å². The first-order chi connectivity index (χ1) is 13.6. The van der Waals surface area contributed by atoms with E-state index < -0.39 is 0 Å². The molecule has 0 radical (unpaired) electrons. The second-order valence-electron chi connectivity index (χ2n) is 6.77. The number of rotatable bonds is 7. The molecule has 1 aliphatic carbocycles. The third kappa shape index (κ3) is 3.40. The second kappa shape index (κ2) is 7.50. The Balaban J connectivity index is 1.62. The lowest BCUT2D eigenvalue weighted by molar-refractivity contribution is 0.0729. The van der Waals surface area contributed by atoms with E-state index in [-0.39, 0.29) is 18.7 Å². The number of methoxy groups -OCH3 is 3. The molecule has 2 aliphatic rings. The molecule has 0 atom stereocenters. The molecule has 2 aromatic carbocycles. The molecular formula is C21H23NO6. The Labute approximate surface area is 163 Å². The van der Waals surface area contributed by atoms with Crippen molar-refractivity contribution in [2.45, 2.75) is 25.4 Å². The summed E-state index contributed by atoms with van der Waals surface area (Å²) in [5.41, 5.74) is 1.50. The standard InChI is InChI=1S/C21H23NO6/c1-24-18-8-13(9-19(25-2)20(18)26-3)11-22(15-5-6-15)21(23)14-4-7-16-17(10-14)28-12-27-16/h4,7-10,15H,5-6,11-12H2,1-3H3. The number of carbonyl (C=O) groups is 1. The van der Waals surface area contributed by atoms with E-state index in [0.717, 1.165) is 18.4 Å². The Bertz CT molecular complexity index is 867. The van der Waals surface area contributed by atoms with Gasteiger partial charge in [0.25, 0.3) is 5.91 Å². The SMILES string of the molecule is COc1cc(CN(C(=O)c2ccc3c(c2)OCO3)C2CC2)cc(OC)c1OC. The second-order valence-corrected chi connectivity index (χ2v) is 6.77. The van der Waals surface area contributed by atoms with E-state index in [1.165, 1.54) is 0 Å². The van der Waals surface area contributed by atoms with Crippen LogP contribution in [-0.4, -0.2) is 45.0 Å². The lowest BCUT2D eigenvalue weighted by Gasteiger charge is -2.24. The zero-order valence-corrected chi connectivity index (χ0v) is 16.2. The summed E-state index contributed by atoms with van der Waals surface area (Å²) in [6.07, 6.45) is 2.00. The molecule has 0 unspecified atom stereocenters. The van der Waals surface area contributed by atoms with Crippen LogP contribution in [-0.2, 0) is 6.54 Å². The van der Waals surface area contributed by atoms with Crippen LogP contribution in [0.15, 0.2) is 30.3 Å². The van der Waals surface area contributed by atoms with Crippen molar-refractivity contribution in [1.82, 2.24) is 4.90 Å². The van der Waals surface area contributed by atoms with Crippen LogP contribution in [0.5, 0.6) is 28.7 Å². The van der Waals surface area contributed by atoms with Gasteiger partial charge in [-0.15, -0.1) is 0 Å². The van der Waals surface area contributed by atoms with Gasteiger partial charge in [0.2, 0.25) is 12.5 Å². The Morgan fingerprint density at radius 3 is 2.29 bits per heavy atom. The molecule has 4 rings (SSSR count). The molecule has 1 aliphatic heterocycles. The van der Waals surface area contributed by atoms with Crippen molar-refractivity contribution in [3.05, 3.63) is 41.5 Å². The fourth-order valence-corrected chi connectivity index (χ4v) is 3.37. The van der Waals surface area contributed by atoms with Gasteiger partial charge >= 0.3 is 0 Å². The van der Waals surface area contributed by atoms with Gasteiger partial charge in [0, 0.05) is 18.2 Å². The zero-order chi connectivity index (χ0) is 19.7. The van der Waals surface area contributed by atoms with Crippen LogP contribution in [0.4, 0.5) is 0 Å². The van der Waals surface area contributed by atoms with Crippen LogP contribution in [0, 0.1) is 0 Å². The van der Waals surface area contributed by atoms with Crippen molar-refractivity contribution in [2.75, 3.05) is 28.1 Å². The van der Waals surface area contributed by atoms with Gasteiger partial charge in [-0.25, -0.2) is 0 Å². The normalized spacial score (nSPS) is 14.5. The molecule has 2 aromatic rings. The van der Waals surface area contributed by atoms with Crippen molar-refractivity contribution in [3.63, 3.8) is 0 Å². The molecule has 7 heteroatoms. The summed E-state index contributed by atoms with van der Waals surface area (Å²) in [6.45, 7) is 0.638. The van der Waals surface area contributed by atoms with E-state index in [0.29, 0.717) is 40.9 Å². The van der Waals surface area contributed by atoms with Gasteiger partial charge in [-0.1, -0.05) is 0 Å². The number of ether oxygens (including phenoxy) is 5. The van der Waals surface area contributed by atoms with Gasteiger partial charge in [0.05, 0.1) is 21.3 Å². The van der Waals surface area contributed by atoms with E-state index in [4.69, 9.17) is 23.7 Å². The van der Waals surface area contributed by atoms with Crippen LogP contribution in [0.2, 0.25) is 0 Å². The Morgan fingerprint density at radius 2 is 1.68 bits per heavy atom. The number of amides is 1. The summed E-state index contributed by atoms with van der Waals surface area (Å²) >= 11 is 0. The Morgan fingerprint density at radius 1 is 1.00 bits per heavy atom. The molecule has 0 spiro atoms. The number of nitrogens with zero attached hydrogens (tertiary/aromatic N) is 1. The average molecular weight is 385 g/mol. The molecule has 1 fully saturated rings. The highest BCUT2D eigenvalue weighted by Crippen LogP contribution is 2.40. The zero-order valence-electron chi connectivity index (χ0n) is 16.2. The number of hydrogen-bond donors (Lipinski definition) is 0.